The third kappa shape index (κ3) is 4.68. The van der Waals surface area contributed by atoms with Crippen LogP contribution in [0.5, 0.6) is 5.75 Å². The lowest BCUT2D eigenvalue weighted by atomic mass is 9.97. The molecular weight excluding hydrogens is 436 g/mol. The fraction of sp³-hybridized carbons (Fsp3) is 0.269. The van der Waals surface area contributed by atoms with Crippen LogP contribution >= 0.6 is 11.3 Å². The lowest BCUT2D eigenvalue weighted by Crippen LogP contribution is -2.28. The molecule has 0 radical (unpaired) electrons. The SMILES string of the molecule is Cc1cc(OCC(C)C)ccc1C(O)=C1C(=O)C(=O)N(Cc2cccnc2)[C@H]1c1cccs1. The van der Waals surface area contributed by atoms with Crippen molar-refractivity contribution in [2.75, 3.05) is 6.61 Å². The Hall–Kier alpha value is -3.45. The molecule has 0 bridgehead atoms. The van der Waals surface area contributed by atoms with Crippen molar-refractivity contribution in [1.29, 1.82) is 0 Å². The van der Waals surface area contributed by atoms with Gasteiger partial charge in [-0.1, -0.05) is 26.0 Å². The van der Waals surface area contributed by atoms with Crippen molar-refractivity contribution >= 4 is 28.8 Å². The third-order valence-electron chi connectivity index (χ3n) is 5.46. The Morgan fingerprint density at radius 3 is 2.67 bits per heavy atom. The first-order valence-corrected chi connectivity index (χ1v) is 11.7. The number of Topliss-reactive ketones (excluding diaryl/α,β-unsaturated/α-hetero) is 1. The number of aliphatic hydroxyl groups is 1. The maximum atomic E-state index is 13.1. The van der Waals surface area contributed by atoms with Gasteiger partial charge in [-0.15, -0.1) is 11.3 Å². The van der Waals surface area contributed by atoms with E-state index in [-0.39, 0.29) is 17.9 Å². The Balaban J connectivity index is 1.76. The second kappa shape index (κ2) is 9.58. The van der Waals surface area contributed by atoms with E-state index in [0.717, 1.165) is 16.0 Å². The van der Waals surface area contributed by atoms with Crippen molar-refractivity contribution in [2.45, 2.75) is 33.4 Å². The molecule has 0 saturated carbocycles. The lowest BCUT2D eigenvalue weighted by Gasteiger charge is -2.24. The number of pyridine rings is 1. The van der Waals surface area contributed by atoms with Crippen molar-refractivity contribution in [1.82, 2.24) is 9.88 Å². The molecule has 1 fully saturated rings. The monoisotopic (exact) mass is 462 g/mol. The first-order valence-electron chi connectivity index (χ1n) is 10.8. The molecule has 3 heterocycles. The molecule has 1 aromatic carbocycles. The Morgan fingerprint density at radius 2 is 2.03 bits per heavy atom. The summed E-state index contributed by atoms with van der Waals surface area (Å²) in [4.78, 5) is 32.6. The van der Waals surface area contributed by atoms with Gasteiger partial charge in [-0.2, -0.15) is 0 Å². The van der Waals surface area contributed by atoms with Gasteiger partial charge in [-0.3, -0.25) is 14.6 Å². The van der Waals surface area contributed by atoms with Crippen LogP contribution in [0, 0.1) is 12.8 Å². The van der Waals surface area contributed by atoms with Crippen LogP contribution in [-0.4, -0.2) is 33.3 Å². The van der Waals surface area contributed by atoms with Gasteiger partial charge in [-0.05, 0) is 59.7 Å². The summed E-state index contributed by atoms with van der Waals surface area (Å²) in [5.74, 6) is -0.402. The number of amides is 1. The summed E-state index contributed by atoms with van der Waals surface area (Å²) in [6.45, 7) is 6.80. The van der Waals surface area contributed by atoms with E-state index in [1.165, 1.54) is 16.2 Å². The van der Waals surface area contributed by atoms with Gasteiger partial charge < -0.3 is 14.7 Å². The van der Waals surface area contributed by atoms with E-state index < -0.39 is 17.7 Å². The fourth-order valence-electron chi connectivity index (χ4n) is 3.87. The smallest absolute Gasteiger partial charge is 0.295 e. The quantitative estimate of drug-likeness (QED) is 0.300. The highest BCUT2D eigenvalue weighted by molar-refractivity contribution is 7.10. The number of ketones is 1. The van der Waals surface area contributed by atoms with Crippen LogP contribution in [0.4, 0.5) is 0 Å². The Morgan fingerprint density at radius 1 is 1.21 bits per heavy atom. The first-order chi connectivity index (χ1) is 15.9. The molecule has 33 heavy (non-hydrogen) atoms. The molecule has 6 nitrogen and oxygen atoms in total. The number of benzene rings is 1. The molecule has 0 aliphatic carbocycles. The average Bonchev–Trinajstić information content (AvgIpc) is 3.41. The second-order valence-electron chi connectivity index (χ2n) is 8.49. The van der Waals surface area contributed by atoms with E-state index >= 15 is 0 Å². The van der Waals surface area contributed by atoms with Crippen LogP contribution in [-0.2, 0) is 16.1 Å². The number of carbonyl (C=O) groups excluding carboxylic acids is 2. The van der Waals surface area contributed by atoms with Gasteiger partial charge in [0.25, 0.3) is 11.7 Å². The van der Waals surface area contributed by atoms with Crippen molar-refractivity contribution in [3.8, 4) is 5.75 Å². The number of nitrogens with zero attached hydrogens (tertiary/aromatic N) is 2. The zero-order chi connectivity index (χ0) is 23.5. The maximum absolute atomic E-state index is 13.1. The molecule has 4 rings (SSSR count). The third-order valence-corrected chi connectivity index (χ3v) is 6.39. The molecule has 0 spiro atoms. The molecule has 0 unspecified atom stereocenters. The largest absolute Gasteiger partial charge is 0.507 e. The van der Waals surface area contributed by atoms with E-state index in [2.05, 4.69) is 18.8 Å². The molecule has 1 aliphatic heterocycles. The van der Waals surface area contributed by atoms with Crippen molar-refractivity contribution in [2.24, 2.45) is 5.92 Å². The number of hydrogen-bond acceptors (Lipinski definition) is 6. The van der Waals surface area contributed by atoms with Crippen LogP contribution in [0.1, 0.15) is 41.5 Å². The number of likely N-dealkylation sites (tertiary alicyclic amines) is 1. The van der Waals surface area contributed by atoms with Gasteiger partial charge in [-0.25, -0.2) is 0 Å². The second-order valence-corrected chi connectivity index (χ2v) is 9.46. The molecule has 1 aliphatic rings. The summed E-state index contributed by atoms with van der Waals surface area (Å²) in [5, 5.41) is 13.2. The lowest BCUT2D eigenvalue weighted by molar-refractivity contribution is -0.140. The van der Waals surface area contributed by atoms with Gasteiger partial charge in [0.1, 0.15) is 11.5 Å². The van der Waals surface area contributed by atoms with Crippen molar-refractivity contribution in [3.63, 3.8) is 0 Å². The van der Waals surface area contributed by atoms with Gasteiger partial charge in [0, 0.05) is 29.4 Å². The zero-order valence-corrected chi connectivity index (χ0v) is 19.6. The number of aromatic nitrogens is 1. The molecule has 1 amide bonds. The highest BCUT2D eigenvalue weighted by Crippen LogP contribution is 2.42. The van der Waals surface area contributed by atoms with E-state index in [1.54, 1.807) is 30.6 Å². The summed E-state index contributed by atoms with van der Waals surface area (Å²) in [7, 11) is 0. The van der Waals surface area contributed by atoms with Crippen molar-refractivity contribution < 1.29 is 19.4 Å². The standard InChI is InChI=1S/C26H26N2O4S/c1-16(2)15-32-19-8-9-20(17(3)12-19)24(29)22-23(21-7-5-11-33-21)28(26(31)25(22)30)14-18-6-4-10-27-13-18/h4-13,16,23,29H,14-15H2,1-3H3/t23-/m0/s1. The number of carbonyl (C=O) groups is 2. The molecule has 2 aromatic heterocycles. The Bertz CT molecular complexity index is 1190. The predicted molar refractivity (Wildman–Crippen MR) is 128 cm³/mol. The normalized spacial score (nSPS) is 17.7. The summed E-state index contributed by atoms with van der Waals surface area (Å²) in [6.07, 6.45) is 3.33. The summed E-state index contributed by atoms with van der Waals surface area (Å²) in [5.41, 5.74) is 2.18. The summed E-state index contributed by atoms with van der Waals surface area (Å²) in [6, 6.07) is 12.1. The molecule has 1 atom stereocenters. The van der Waals surface area contributed by atoms with E-state index in [4.69, 9.17) is 4.74 Å². The van der Waals surface area contributed by atoms with Crippen LogP contribution in [0.25, 0.3) is 5.76 Å². The number of hydrogen-bond donors (Lipinski definition) is 1. The van der Waals surface area contributed by atoms with Crippen molar-refractivity contribution in [3.05, 3.63) is 87.4 Å². The molecular formula is C26H26N2O4S. The molecule has 3 aromatic rings. The van der Waals surface area contributed by atoms with Gasteiger partial charge in [0.05, 0.1) is 18.2 Å². The van der Waals surface area contributed by atoms with E-state index in [0.29, 0.717) is 23.8 Å². The van der Waals surface area contributed by atoms with E-state index in [1.807, 2.05) is 36.6 Å². The molecule has 1 N–H and O–H groups in total. The number of aryl methyl sites for hydroxylation is 1. The Kier molecular flexibility index (Phi) is 6.60. The highest BCUT2D eigenvalue weighted by Gasteiger charge is 2.46. The van der Waals surface area contributed by atoms with Gasteiger partial charge in [0.15, 0.2) is 0 Å². The average molecular weight is 463 g/mol. The number of rotatable bonds is 7. The Labute approximate surface area is 197 Å². The predicted octanol–water partition coefficient (Wildman–Crippen LogP) is 5.11. The van der Waals surface area contributed by atoms with E-state index in [9.17, 15) is 14.7 Å². The van der Waals surface area contributed by atoms with Crippen LogP contribution in [0.15, 0.2) is 65.8 Å². The summed E-state index contributed by atoms with van der Waals surface area (Å²) >= 11 is 1.44. The number of aliphatic hydroxyl groups excluding tert-OH is 1. The highest BCUT2D eigenvalue weighted by atomic mass is 32.1. The fourth-order valence-corrected chi connectivity index (χ4v) is 4.72. The minimum absolute atomic E-state index is 0.102. The van der Waals surface area contributed by atoms with Gasteiger partial charge >= 0.3 is 0 Å². The van der Waals surface area contributed by atoms with Crippen LogP contribution in [0.2, 0.25) is 0 Å². The molecule has 7 heteroatoms. The molecule has 170 valence electrons. The first kappa shape index (κ1) is 22.7. The molecule has 1 saturated heterocycles. The van der Waals surface area contributed by atoms with Crippen LogP contribution in [0.3, 0.4) is 0 Å². The minimum atomic E-state index is -0.686. The van der Waals surface area contributed by atoms with Gasteiger partial charge in [0.2, 0.25) is 0 Å². The number of ether oxygens (including phenoxy) is 1. The summed E-state index contributed by atoms with van der Waals surface area (Å²) < 4.78 is 5.78. The number of thiophene rings is 1. The minimum Gasteiger partial charge on any atom is -0.507 e. The topological polar surface area (TPSA) is 79.7 Å². The maximum Gasteiger partial charge on any atom is 0.295 e. The zero-order valence-electron chi connectivity index (χ0n) is 18.8. The van der Waals surface area contributed by atoms with Crippen LogP contribution < -0.4 is 4.74 Å².